The van der Waals surface area contributed by atoms with Gasteiger partial charge in [-0.25, -0.2) is 9.29 Å². The number of rotatable bonds is 4. The van der Waals surface area contributed by atoms with E-state index in [2.05, 4.69) is 5.32 Å². The first-order valence-corrected chi connectivity index (χ1v) is 10.1. The van der Waals surface area contributed by atoms with Crippen molar-refractivity contribution in [3.63, 3.8) is 0 Å². The van der Waals surface area contributed by atoms with Crippen LogP contribution in [-0.4, -0.2) is 11.8 Å². The number of nitrogens with one attached hydrogen (secondary N) is 1. The van der Waals surface area contributed by atoms with Gasteiger partial charge < -0.3 is 5.32 Å². The molecule has 31 heavy (non-hydrogen) atoms. The molecular weight excluding hydrogens is 415 g/mol. The number of aryl methyl sites for hydroxylation is 2. The predicted octanol–water partition coefficient (Wildman–Crippen LogP) is 5.80. The third-order valence-electron chi connectivity index (χ3n) is 5.49. The number of anilines is 2. The van der Waals surface area contributed by atoms with Crippen LogP contribution in [0.3, 0.4) is 0 Å². The summed E-state index contributed by atoms with van der Waals surface area (Å²) in [6.07, 6.45) is 0. The molecule has 0 atom stereocenters. The molecule has 4 rings (SSSR count). The minimum Gasteiger partial charge on any atom is -0.350 e. The van der Waals surface area contributed by atoms with Gasteiger partial charge in [0.05, 0.1) is 11.3 Å². The van der Waals surface area contributed by atoms with Crippen molar-refractivity contribution in [1.82, 2.24) is 0 Å². The van der Waals surface area contributed by atoms with E-state index in [1.165, 1.54) is 29.2 Å². The number of carbonyl (C=O) groups is 2. The second-order valence-corrected chi connectivity index (χ2v) is 7.94. The summed E-state index contributed by atoms with van der Waals surface area (Å²) in [4.78, 5) is 28.2. The topological polar surface area (TPSA) is 49.4 Å². The number of halogens is 2. The maximum absolute atomic E-state index is 13.5. The van der Waals surface area contributed by atoms with Gasteiger partial charge in [0, 0.05) is 10.7 Å². The van der Waals surface area contributed by atoms with Crippen molar-refractivity contribution < 1.29 is 14.0 Å². The van der Waals surface area contributed by atoms with Crippen molar-refractivity contribution in [1.29, 1.82) is 0 Å². The Morgan fingerprint density at radius 2 is 1.58 bits per heavy atom. The summed E-state index contributed by atoms with van der Waals surface area (Å²) in [6.45, 7) is 5.67. The lowest BCUT2D eigenvalue weighted by molar-refractivity contribution is -0.120. The first-order valence-electron chi connectivity index (χ1n) is 9.76. The molecule has 4 nitrogen and oxygen atoms in total. The van der Waals surface area contributed by atoms with Crippen molar-refractivity contribution in [3.05, 3.63) is 99.5 Å². The molecule has 0 aromatic heterocycles. The Hall–Kier alpha value is -3.44. The van der Waals surface area contributed by atoms with Crippen molar-refractivity contribution in [2.24, 2.45) is 0 Å². The van der Waals surface area contributed by atoms with Crippen LogP contribution in [0.5, 0.6) is 0 Å². The molecule has 1 N–H and O–H groups in total. The van der Waals surface area contributed by atoms with E-state index in [0.29, 0.717) is 22.0 Å². The Labute approximate surface area is 185 Å². The number of nitrogens with zero attached hydrogens (tertiary/aromatic N) is 1. The Balaban J connectivity index is 1.88. The third-order valence-corrected chi connectivity index (χ3v) is 5.73. The summed E-state index contributed by atoms with van der Waals surface area (Å²) < 4.78 is 13.5. The van der Waals surface area contributed by atoms with Crippen LogP contribution in [0, 0.1) is 26.6 Å². The Morgan fingerprint density at radius 1 is 0.871 bits per heavy atom. The average molecular weight is 435 g/mol. The van der Waals surface area contributed by atoms with E-state index in [4.69, 9.17) is 11.6 Å². The summed E-state index contributed by atoms with van der Waals surface area (Å²) >= 11 is 6.14. The van der Waals surface area contributed by atoms with Crippen molar-refractivity contribution >= 4 is 40.4 Å². The second kappa shape index (κ2) is 8.00. The zero-order chi connectivity index (χ0) is 22.3. The molecule has 0 saturated heterocycles. The molecule has 0 bridgehead atoms. The Bertz CT molecular complexity index is 1250. The quantitative estimate of drug-likeness (QED) is 0.528. The highest BCUT2D eigenvalue weighted by atomic mass is 35.5. The lowest BCUT2D eigenvalue weighted by Crippen LogP contribution is -2.33. The Kier molecular flexibility index (Phi) is 5.38. The smallest absolute Gasteiger partial charge is 0.282 e. The normalized spacial score (nSPS) is 13.9. The van der Waals surface area contributed by atoms with E-state index >= 15 is 0 Å². The maximum atomic E-state index is 13.5. The SMILES string of the molecule is Cc1ccc(Cl)cc1NC1=C(c2ccc(F)cc2)C(=O)N(c2cccc(C)c2C)C1=O. The minimum absolute atomic E-state index is 0.128. The van der Waals surface area contributed by atoms with Gasteiger partial charge in [0.25, 0.3) is 11.8 Å². The van der Waals surface area contributed by atoms with Gasteiger partial charge in [0.1, 0.15) is 11.5 Å². The third kappa shape index (κ3) is 3.73. The van der Waals surface area contributed by atoms with Crippen LogP contribution in [-0.2, 0) is 9.59 Å². The van der Waals surface area contributed by atoms with Crippen LogP contribution >= 0.6 is 11.6 Å². The maximum Gasteiger partial charge on any atom is 0.282 e. The number of carbonyl (C=O) groups excluding carboxylic acids is 2. The van der Waals surface area contributed by atoms with Crippen LogP contribution < -0.4 is 10.2 Å². The fraction of sp³-hybridized carbons (Fsp3) is 0.120. The molecule has 1 aliphatic rings. The lowest BCUT2D eigenvalue weighted by Gasteiger charge is -2.19. The van der Waals surface area contributed by atoms with E-state index in [1.54, 1.807) is 18.2 Å². The lowest BCUT2D eigenvalue weighted by atomic mass is 10.0. The van der Waals surface area contributed by atoms with E-state index in [0.717, 1.165) is 16.7 Å². The van der Waals surface area contributed by atoms with Gasteiger partial charge in [-0.3, -0.25) is 9.59 Å². The van der Waals surface area contributed by atoms with E-state index in [9.17, 15) is 14.0 Å². The number of benzene rings is 3. The zero-order valence-corrected chi connectivity index (χ0v) is 18.0. The predicted molar refractivity (Wildman–Crippen MR) is 122 cm³/mol. The second-order valence-electron chi connectivity index (χ2n) is 7.51. The van der Waals surface area contributed by atoms with Gasteiger partial charge in [0.15, 0.2) is 0 Å². The molecule has 156 valence electrons. The first kappa shape index (κ1) is 20.8. The number of amides is 2. The van der Waals surface area contributed by atoms with Gasteiger partial charge >= 0.3 is 0 Å². The van der Waals surface area contributed by atoms with E-state index < -0.39 is 17.6 Å². The molecule has 2 amide bonds. The van der Waals surface area contributed by atoms with E-state index in [-0.39, 0.29) is 11.3 Å². The van der Waals surface area contributed by atoms with Crippen molar-refractivity contribution in [2.45, 2.75) is 20.8 Å². The molecular formula is C25H20ClFN2O2. The minimum atomic E-state index is -0.475. The fourth-order valence-corrected chi connectivity index (χ4v) is 3.76. The first-order chi connectivity index (χ1) is 14.8. The highest BCUT2D eigenvalue weighted by Crippen LogP contribution is 2.36. The molecule has 3 aromatic rings. The van der Waals surface area contributed by atoms with Gasteiger partial charge in [-0.1, -0.05) is 41.9 Å². The van der Waals surface area contributed by atoms with Crippen LogP contribution in [0.25, 0.3) is 5.57 Å². The summed E-state index contributed by atoms with van der Waals surface area (Å²) in [5.41, 5.74) is 4.57. The molecule has 0 fully saturated rings. The molecule has 0 aliphatic carbocycles. The van der Waals surface area contributed by atoms with Crippen LogP contribution in [0.2, 0.25) is 5.02 Å². The molecule has 0 saturated carbocycles. The van der Waals surface area contributed by atoms with Gasteiger partial charge in [-0.15, -0.1) is 0 Å². The number of hydrogen-bond acceptors (Lipinski definition) is 3. The average Bonchev–Trinajstić information content (AvgIpc) is 2.97. The molecule has 1 heterocycles. The van der Waals surface area contributed by atoms with Gasteiger partial charge in [-0.2, -0.15) is 0 Å². The summed E-state index contributed by atoms with van der Waals surface area (Å²) in [7, 11) is 0. The fourth-order valence-electron chi connectivity index (χ4n) is 3.59. The molecule has 0 unspecified atom stereocenters. The number of hydrogen-bond donors (Lipinski definition) is 1. The summed E-state index contributed by atoms with van der Waals surface area (Å²) in [6, 6.07) is 16.3. The van der Waals surface area contributed by atoms with Gasteiger partial charge in [-0.05, 0) is 73.4 Å². The Morgan fingerprint density at radius 3 is 2.29 bits per heavy atom. The summed E-state index contributed by atoms with van der Waals surface area (Å²) in [5, 5.41) is 3.62. The summed E-state index contributed by atoms with van der Waals surface area (Å²) in [5.74, 6) is -1.36. The molecule has 0 radical (unpaired) electrons. The van der Waals surface area contributed by atoms with Crippen LogP contribution in [0.15, 0.2) is 66.4 Å². The standard InChI is InChI=1S/C25H20ClFN2O2/c1-14-5-4-6-21(16(14)3)29-24(30)22(17-8-11-19(27)12-9-17)23(25(29)31)28-20-13-18(26)10-7-15(20)2/h4-13,28H,1-3H3. The van der Waals surface area contributed by atoms with Gasteiger partial charge in [0.2, 0.25) is 0 Å². The molecule has 6 heteroatoms. The van der Waals surface area contributed by atoms with Crippen molar-refractivity contribution in [3.8, 4) is 0 Å². The highest BCUT2D eigenvalue weighted by molar-refractivity contribution is 6.46. The molecule has 3 aromatic carbocycles. The van der Waals surface area contributed by atoms with E-state index in [1.807, 2.05) is 39.0 Å². The molecule has 1 aliphatic heterocycles. The number of imide groups is 1. The van der Waals surface area contributed by atoms with Crippen LogP contribution in [0.1, 0.15) is 22.3 Å². The monoisotopic (exact) mass is 434 g/mol. The van der Waals surface area contributed by atoms with Crippen molar-refractivity contribution in [2.75, 3.05) is 10.2 Å². The molecule has 0 spiro atoms. The highest BCUT2D eigenvalue weighted by Gasteiger charge is 2.41. The zero-order valence-electron chi connectivity index (χ0n) is 17.3. The van der Waals surface area contributed by atoms with Crippen LogP contribution in [0.4, 0.5) is 15.8 Å². The largest absolute Gasteiger partial charge is 0.350 e.